The molecule has 2 aromatic heterocycles. The molecule has 8 heteroatoms. The molecule has 0 amide bonds. The summed E-state index contributed by atoms with van der Waals surface area (Å²) in [6, 6.07) is 3.97. The van der Waals surface area contributed by atoms with Crippen molar-refractivity contribution in [3.8, 4) is 22.9 Å². The van der Waals surface area contributed by atoms with Crippen LogP contribution in [-0.2, 0) is 20.0 Å². The first-order valence-corrected chi connectivity index (χ1v) is 8.15. The lowest BCUT2D eigenvalue weighted by molar-refractivity contribution is 0.171. The molecule has 1 aromatic carbocycles. The molecule has 3 aromatic rings. The monoisotopic (exact) mass is 341 g/mol. The zero-order valence-corrected chi connectivity index (χ0v) is 14.2. The van der Waals surface area contributed by atoms with Crippen molar-refractivity contribution in [2.45, 2.75) is 19.9 Å². The Bertz CT molecular complexity index is 969. The Labute approximate surface area is 144 Å². The van der Waals surface area contributed by atoms with Crippen LogP contribution in [-0.4, -0.2) is 37.5 Å². The lowest BCUT2D eigenvalue weighted by Crippen LogP contribution is -2.16. The third-order valence-corrected chi connectivity index (χ3v) is 4.39. The van der Waals surface area contributed by atoms with Gasteiger partial charge in [-0.2, -0.15) is 5.10 Å². The molecule has 1 N–H and O–H groups in total. The number of ether oxygens (including phenoxy) is 2. The van der Waals surface area contributed by atoms with Crippen molar-refractivity contribution in [3.05, 3.63) is 46.4 Å². The smallest absolute Gasteiger partial charge is 0.343 e. The Hall–Kier alpha value is -3.03. The van der Waals surface area contributed by atoms with Gasteiger partial charge in [-0.3, -0.25) is 4.57 Å². The van der Waals surface area contributed by atoms with Crippen LogP contribution in [0.25, 0.3) is 11.4 Å². The maximum absolute atomic E-state index is 11.5. The Morgan fingerprint density at radius 1 is 1.24 bits per heavy atom. The molecule has 0 bridgehead atoms. The van der Waals surface area contributed by atoms with E-state index in [1.807, 2.05) is 25.3 Å². The van der Waals surface area contributed by atoms with Crippen LogP contribution in [0.15, 0.2) is 29.3 Å². The molecule has 1 aliphatic heterocycles. The molecular formula is C17H19N5O3. The fraction of sp³-hybridized carbons (Fsp3) is 0.353. The average molecular weight is 341 g/mol. The topological polar surface area (TPSA) is 87.0 Å². The zero-order chi connectivity index (χ0) is 17.4. The van der Waals surface area contributed by atoms with Crippen LogP contribution in [0.5, 0.6) is 11.5 Å². The molecule has 130 valence electrons. The highest BCUT2D eigenvalue weighted by Gasteiger charge is 2.17. The van der Waals surface area contributed by atoms with E-state index in [0.717, 1.165) is 28.5 Å². The summed E-state index contributed by atoms with van der Waals surface area (Å²) >= 11 is 0. The molecule has 3 heterocycles. The number of nitrogens with zero attached hydrogens (tertiary/aromatic N) is 4. The van der Waals surface area contributed by atoms with Gasteiger partial charge >= 0.3 is 5.69 Å². The molecular weight excluding hydrogens is 322 g/mol. The van der Waals surface area contributed by atoms with Gasteiger partial charge in [0.15, 0.2) is 11.5 Å². The van der Waals surface area contributed by atoms with Gasteiger partial charge in [0.2, 0.25) is 0 Å². The van der Waals surface area contributed by atoms with E-state index >= 15 is 0 Å². The summed E-state index contributed by atoms with van der Waals surface area (Å²) in [4.78, 5) is 16.0. The van der Waals surface area contributed by atoms with Crippen LogP contribution in [0.3, 0.4) is 0 Å². The molecule has 25 heavy (non-hydrogen) atoms. The number of hydrogen-bond acceptors (Lipinski definition) is 5. The standard InChI is InChI=1S/C17H19N5O3/c1-11-9-13-14(25-8-7-24-13)10-12(11)16-18-4-6-22(16)5-3-15-19-20-17(23)21(15)2/h4,6,9-10H,3,5,7-8H2,1-2H3,(H,20,23). The van der Waals surface area contributed by atoms with E-state index in [4.69, 9.17) is 9.47 Å². The number of rotatable bonds is 4. The lowest BCUT2D eigenvalue weighted by atomic mass is 10.1. The van der Waals surface area contributed by atoms with E-state index in [-0.39, 0.29) is 5.69 Å². The van der Waals surface area contributed by atoms with Gasteiger partial charge in [0, 0.05) is 38.0 Å². The van der Waals surface area contributed by atoms with Crippen molar-refractivity contribution in [2.24, 2.45) is 7.05 Å². The van der Waals surface area contributed by atoms with E-state index in [1.54, 1.807) is 13.2 Å². The Morgan fingerprint density at radius 2 is 2.00 bits per heavy atom. The number of aromatic amines is 1. The van der Waals surface area contributed by atoms with Gasteiger partial charge < -0.3 is 14.0 Å². The van der Waals surface area contributed by atoms with Crippen LogP contribution in [0.1, 0.15) is 11.4 Å². The molecule has 0 spiro atoms. The van der Waals surface area contributed by atoms with E-state index in [9.17, 15) is 4.79 Å². The molecule has 0 aliphatic carbocycles. The number of H-pyrrole nitrogens is 1. The summed E-state index contributed by atoms with van der Waals surface area (Å²) < 4.78 is 14.9. The largest absolute Gasteiger partial charge is 0.486 e. The second-order valence-corrected chi connectivity index (χ2v) is 6.01. The molecule has 0 saturated heterocycles. The number of fused-ring (bicyclic) bond motifs is 1. The third-order valence-electron chi connectivity index (χ3n) is 4.39. The molecule has 0 atom stereocenters. The minimum absolute atomic E-state index is 0.205. The van der Waals surface area contributed by atoms with Gasteiger partial charge in [0.25, 0.3) is 0 Å². The minimum atomic E-state index is -0.205. The van der Waals surface area contributed by atoms with Crippen molar-refractivity contribution < 1.29 is 9.47 Å². The number of benzene rings is 1. The van der Waals surface area contributed by atoms with Gasteiger partial charge in [-0.15, -0.1) is 0 Å². The molecule has 0 radical (unpaired) electrons. The normalized spacial score (nSPS) is 13.2. The van der Waals surface area contributed by atoms with Crippen LogP contribution >= 0.6 is 0 Å². The summed E-state index contributed by atoms with van der Waals surface area (Å²) in [5, 5.41) is 6.51. The number of hydrogen-bond donors (Lipinski definition) is 1. The second-order valence-electron chi connectivity index (χ2n) is 6.01. The maximum Gasteiger partial charge on any atom is 0.343 e. The van der Waals surface area contributed by atoms with Crippen molar-refractivity contribution in [3.63, 3.8) is 0 Å². The first-order valence-electron chi connectivity index (χ1n) is 8.15. The fourth-order valence-corrected chi connectivity index (χ4v) is 2.99. The molecule has 0 unspecified atom stereocenters. The van der Waals surface area contributed by atoms with Gasteiger partial charge in [-0.1, -0.05) is 0 Å². The highest BCUT2D eigenvalue weighted by atomic mass is 16.6. The fourth-order valence-electron chi connectivity index (χ4n) is 2.99. The van der Waals surface area contributed by atoms with Crippen LogP contribution in [0, 0.1) is 6.92 Å². The Morgan fingerprint density at radius 3 is 2.72 bits per heavy atom. The van der Waals surface area contributed by atoms with Crippen molar-refractivity contribution in [2.75, 3.05) is 13.2 Å². The van der Waals surface area contributed by atoms with Crippen LogP contribution in [0.2, 0.25) is 0 Å². The molecule has 8 nitrogen and oxygen atoms in total. The summed E-state index contributed by atoms with van der Waals surface area (Å²) in [5.74, 6) is 3.09. The van der Waals surface area contributed by atoms with E-state index in [0.29, 0.717) is 32.0 Å². The van der Waals surface area contributed by atoms with Gasteiger partial charge in [0.05, 0.1) is 0 Å². The summed E-state index contributed by atoms with van der Waals surface area (Å²) in [6.07, 6.45) is 4.33. The number of nitrogens with one attached hydrogen (secondary N) is 1. The highest BCUT2D eigenvalue weighted by molar-refractivity contribution is 5.66. The van der Waals surface area contributed by atoms with Crippen molar-refractivity contribution in [1.82, 2.24) is 24.3 Å². The van der Waals surface area contributed by atoms with Crippen molar-refractivity contribution in [1.29, 1.82) is 0 Å². The van der Waals surface area contributed by atoms with Gasteiger partial charge in [-0.05, 0) is 24.6 Å². The average Bonchev–Trinajstić information content (AvgIpc) is 3.20. The van der Waals surface area contributed by atoms with Crippen LogP contribution in [0.4, 0.5) is 0 Å². The molecule has 0 saturated carbocycles. The first-order chi connectivity index (χ1) is 12.1. The van der Waals surface area contributed by atoms with Gasteiger partial charge in [0.1, 0.15) is 24.9 Å². The highest BCUT2D eigenvalue weighted by Crippen LogP contribution is 2.36. The predicted octanol–water partition coefficient (Wildman–Crippen LogP) is 1.29. The number of imidazole rings is 1. The summed E-state index contributed by atoms with van der Waals surface area (Å²) in [5.41, 5.74) is 1.87. The zero-order valence-electron chi connectivity index (χ0n) is 14.2. The summed E-state index contributed by atoms with van der Waals surface area (Å²) in [7, 11) is 1.71. The number of aromatic nitrogens is 5. The molecule has 4 rings (SSSR count). The second kappa shape index (κ2) is 6.12. The maximum atomic E-state index is 11.5. The van der Waals surface area contributed by atoms with E-state index in [2.05, 4.69) is 19.7 Å². The molecule has 0 fully saturated rings. The van der Waals surface area contributed by atoms with Gasteiger partial charge in [-0.25, -0.2) is 14.9 Å². The quantitative estimate of drug-likeness (QED) is 0.773. The van der Waals surface area contributed by atoms with E-state index in [1.165, 1.54) is 4.57 Å². The summed E-state index contributed by atoms with van der Waals surface area (Å²) in [6.45, 7) is 3.82. The van der Waals surface area contributed by atoms with Crippen molar-refractivity contribution >= 4 is 0 Å². The predicted molar refractivity (Wildman–Crippen MR) is 90.9 cm³/mol. The third kappa shape index (κ3) is 2.79. The lowest BCUT2D eigenvalue weighted by Gasteiger charge is -2.20. The number of aryl methyl sites for hydroxylation is 3. The first kappa shape index (κ1) is 15.5. The SMILES string of the molecule is Cc1cc2c(cc1-c1nccn1CCc1n[nH]c(=O)n1C)OCCO2. The van der Waals surface area contributed by atoms with E-state index < -0.39 is 0 Å². The minimum Gasteiger partial charge on any atom is -0.486 e. The Balaban J connectivity index is 1.63. The Kier molecular flexibility index (Phi) is 3.79. The van der Waals surface area contributed by atoms with Crippen LogP contribution < -0.4 is 15.2 Å². The molecule has 1 aliphatic rings.